The van der Waals surface area contributed by atoms with Crippen LogP contribution in [-0.4, -0.2) is 59.8 Å². The number of amides is 3. The van der Waals surface area contributed by atoms with Gasteiger partial charge in [-0.3, -0.25) is 9.59 Å². The molecule has 1 aromatic rings. The van der Waals surface area contributed by atoms with E-state index in [-0.39, 0.29) is 38.4 Å². The smallest absolute Gasteiger partial charge is 0.465 e. The molecule has 1 saturated heterocycles. The van der Waals surface area contributed by atoms with Crippen molar-refractivity contribution in [3.05, 3.63) is 29.3 Å². The molecule has 10 heteroatoms. The first-order chi connectivity index (χ1) is 12.6. The minimum Gasteiger partial charge on any atom is -0.465 e. The van der Waals surface area contributed by atoms with Crippen LogP contribution in [0.4, 0.5) is 23.7 Å². The average molecular weight is 385 g/mol. The summed E-state index contributed by atoms with van der Waals surface area (Å²) in [4.78, 5) is 36.6. The van der Waals surface area contributed by atoms with E-state index in [1.807, 2.05) is 0 Å². The molecule has 0 aromatic heterocycles. The second-order valence-electron chi connectivity index (χ2n) is 6.60. The number of hydrogen-bond acceptors (Lipinski definition) is 3. The van der Waals surface area contributed by atoms with Crippen LogP contribution in [0, 0.1) is 0 Å². The summed E-state index contributed by atoms with van der Waals surface area (Å²) in [5, 5.41) is 11.1. The summed E-state index contributed by atoms with van der Waals surface area (Å²) in [6.45, 7) is 0.131. The molecule has 1 atom stereocenters. The van der Waals surface area contributed by atoms with Gasteiger partial charge in [0.2, 0.25) is 5.91 Å². The largest absolute Gasteiger partial charge is 0.471 e. The van der Waals surface area contributed by atoms with Crippen LogP contribution in [0.15, 0.2) is 18.2 Å². The monoisotopic (exact) mass is 385 g/mol. The fraction of sp³-hybridized carbons (Fsp3) is 0.471. The van der Waals surface area contributed by atoms with Crippen molar-refractivity contribution in [3.8, 4) is 0 Å². The van der Waals surface area contributed by atoms with Crippen LogP contribution >= 0.6 is 0 Å². The number of carbonyl (C=O) groups is 3. The second-order valence-corrected chi connectivity index (χ2v) is 6.60. The molecule has 2 aliphatic rings. The Morgan fingerprint density at radius 1 is 1.15 bits per heavy atom. The van der Waals surface area contributed by atoms with Crippen molar-refractivity contribution in [2.24, 2.45) is 0 Å². The molecule has 0 spiro atoms. The Kier molecular flexibility index (Phi) is 4.99. The van der Waals surface area contributed by atoms with Crippen LogP contribution in [0.1, 0.15) is 17.5 Å². The molecular formula is C17H18F3N3O4. The van der Waals surface area contributed by atoms with E-state index < -0.39 is 24.2 Å². The first kappa shape index (κ1) is 19.0. The molecule has 1 fully saturated rings. The van der Waals surface area contributed by atoms with Gasteiger partial charge in [-0.25, -0.2) is 4.79 Å². The Hall–Kier alpha value is -2.78. The van der Waals surface area contributed by atoms with E-state index in [1.54, 1.807) is 18.2 Å². The maximum Gasteiger partial charge on any atom is 0.471 e. The lowest BCUT2D eigenvalue weighted by molar-refractivity contribution is -0.185. The predicted molar refractivity (Wildman–Crippen MR) is 88.4 cm³/mol. The van der Waals surface area contributed by atoms with Crippen molar-refractivity contribution in [1.82, 2.24) is 10.2 Å². The molecule has 2 heterocycles. The minimum absolute atomic E-state index is 0.0159. The predicted octanol–water partition coefficient (Wildman–Crippen LogP) is 1.55. The van der Waals surface area contributed by atoms with Gasteiger partial charge < -0.3 is 20.2 Å². The number of hydrogen-bond donors (Lipinski definition) is 2. The lowest BCUT2D eigenvalue weighted by Gasteiger charge is -2.21. The van der Waals surface area contributed by atoms with Gasteiger partial charge in [0.1, 0.15) is 0 Å². The van der Waals surface area contributed by atoms with Gasteiger partial charge in [0.25, 0.3) is 0 Å². The van der Waals surface area contributed by atoms with Crippen LogP contribution in [-0.2, 0) is 22.4 Å². The third kappa shape index (κ3) is 4.15. The number of fused-ring (bicyclic) bond motifs is 1. The summed E-state index contributed by atoms with van der Waals surface area (Å²) in [7, 11) is 0. The van der Waals surface area contributed by atoms with E-state index in [2.05, 4.69) is 5.32 Å². The second kappa shape index (κ2) is 7.09. The summed E-state index contributed by atoms with van der Waals surface area (Å²) < 4.78 is 38.0. The summed E-state index contributed by atoms with van der Waals surface area (Å²) in [5.74, 6) is -2.07. The van der Waals surface area contributed by atoms with Crippen LogP contribution in [0.3, 0.4) is 0 Å². The van der Waals surface area contributed by atoms with Gasteiger partial charge in [-0.15, -0.1) is 0 Å². The average Bonchev–Trinajstić information content (AvgIpc) is 2.81. The highest BCUT2D eigenvalue weighted by Gasteiger charge is 2.42. The Bertz CT molecular complexity index is 781. The highest BCUT2D eigenvalue weighted by molar-refractivity contribution is 5.96. The Labute approximate surface area is 152 Å². The number of carbonyl (C=O) groups excluding carboxylic acids is 2. The normalized spacial score (nSPS) is 20.3. The summed E-state index contributed by atoms with van der Waals surface area (Å²) in [5.41, 5.74) is 2.19. The van der Waals surface area contributed by atoms with E-state index >= 15 is 0 Å². The Morgan fingerprint density at radius 2 is 1.81 bits per heavy atom. The lowest BCUT2D eigenvalue weighted by atomic mass is 10.0. The third-order valence-corrected chi connectivity index (χ3v) is 4.79. The van der Waals surface area contributed by atoms with Crippen molar-refractivity contribution in [2.45, 2.75) is 31.5 Å². The fourth-order valence-corrected chi connectivity index (χ4v) is 3.49. The molecule has 0 bridgehead atoms. The van der Waals surface area contributed by atoms with Gasteiger partial charge in [-0.1, -0.05) is 6.07 Å². The highest BCUT2D eigenvalue weighted by atomic mass is 19.4. The van der Waals surface area contributed by atoms with Gasteiger partial charge in [-0.2, -0.15) is 13.2 Å². The van der Waals surface area contributed by atoms with E-state index in [0.29, 0.717) is 12.1 Å². The van der Waals surface area contributed by atoms with E-state index in [1.165, 1.54) is 4.90 Å². The number of halogens is 3. The van der Waals surface area contributed by atoms with Crippen LogP contribution < -0.4 is 10.2 Å². The first-order valence-corrected chi connectivity index (χ1v) is 8.43. The maximum atomic E-state index is 12.7. The number of nitrogens with one attached hydrogen (secondary N) is 1. The van der Waals surface area contributed by atoms with E-state index in [0.717, 1.165) is 16.0 Å². The molecule has 3 rings (SSSR count). The highest BCUT2D eigenvalue weighted by Crippen LogP contribution is 2.28. The van der Waals surface area contributed by atoms with Crippen LogP contribution in [0.2, 0.25) is 0 Å². The van der Waals surface area contributed by atoms with Gasteiger partial charge in [0, 0.05) is 31.7 Å². The van der Waals surface area contributed by atoms with Crippen molar-refractivity contribution in [1.29, 1.82) is 0 Å². The topological polar surface area (TPSA) is 89.9 Å². The quantitative estimate of drug-likeness (QED) is 0.808. The number of carboxylic acid groups (broad SMARTS) is 1. The lowest BCUT2D eigenvalue weighted by Crippen LogP contribution is -2.42. The molecule has 2 aliphatic heterocycles. The molecular weight excluding hydrogens is 367 g/mol. The maximum absolute atomic E-state index is 12.7. The fourth-order valence-electron chi connectivity index (χ4n) is 3.49. The summed E-state index contributed by atoms with van der Waals surface area (Å²) >= 11 is 0. The van der Waals surface area contributed by atoms with Gasteiger partial charge in [0.15, 0.2) is 0 Å². The first-order valence-electron chi connectivity index (χ1n) is 8.43. The molecule has 2 N–H and O–H groups in total. The number of nitrogens with zero attached hydrogens (tertiary/aromatic N) is 2. The molecule has 0 radical (unpaired) electrons. The molecule has 1 aromatic carbocycles. The molecule has 7 nitrogen and oxygen atoms in total. The van der Waals surface area contributed by atoms with Gasteiger partial charge >= 0.3 is 18.2 Å². The van der Waals surface area contributed by atoms with Crippen molar-refractivity contribution >= 4 is 23.6 Å². The minimum atomic E-state index is -4.89. The number of benzene rings is 1. The zero-order valence-corrected chi connectivity index (χ0v) is 14.3. The van der Waals surface area contributed by atoms with E-state index in [4.69, 9.17) is 5.11 Å². The number of rotatable bonds is 2. The van der Waals surface area contributed by atoms with Crippen LogP contribution in [0.25, 0.3) is 0 Å². The molecule has 0 saturated carbocycles. The summed E-state index contributed by atoms with van der Waals surface area (Å²) in [6, 6.07) is 4.67. The van der Waals surface area contributed by atoms with Gasteiger partial charge in [0.05, 0.1) is 6.04 Å². The standard InChI is InChI=1S/C17H18F3N3O4/c18-17(19,20)15(25)22-5-3-10-1-2-13(7-11(10)4-6-22)23-9-12(8-14(23)24)21-16(26)27/h1-2,7,12,21H,3-6,8-9H2,(H,26,27)/t12-/m1/s1. The zero-order valence-electron chi connectivity index (χ0n) is 14.3. The van der Waals surface area contributed by atoms with Crippen molar-refractivity contribution in [2.75, 3.05) is 24.5 Å². The van der Waals surface area contributed by atoms with Gasteiger partial charge in [-0.05, 0) is 36.1 Å². The zero-order chi connectivity index (χ0) is 19.8. The number of anilines is 1. The van der Waals surface area contributed by atoms with Crippen LogP contribution in [0.5, 0.6) is 0 Å². The molecule has 146 valence electrons. The van der Waals surface area contributed by atoms with Crippen molar-refractivity contribution < 1.29 is 32.7 Å². The molecule has 3 amide bonds. The molecule has 27 heavy (non-hydrogen) atoms. The Morgan fingerprint density at radius 3 is 2.44 bits per heavy atom. The molecule has 0 unspecified atom stereocenters. The Balaban J connectivity index is 1.74. The summed E-state index contributed by atoms with van der Waals surface area (Å²) in [6.07, 6.45) is -5.49. The SMILES string of the molecule is O=C(O)N[C@@H]1CC(=O)N(c2ccc3c(c2)CCN(C(=O)C(F)(F)F)CC3)C1. The van der Waals surface area contributed by atoms with Crippen molar-refractivity contribution in [3.63, 3.8) is 0 Å². The number of alkyl halides is 3. The van der Waals surface area contributed by atoms with E-state index in [9.17, 15) is 27.6 Å². The molecule has 0 aliphatic carbocycles. The third-order valence-electron chi connectivity index (χ3n) is 4.79.